The van der Waals surface area contributed by atoms with E-state index >= 15 is 0 Å². The van der Waals surface area contributed by atoms with Crippen LogP contribution in [0.2, 0.25) is 0 Å². The number of hydrogen-bond donors (Lipinski definition) is 2. The third-order valence-corrected chi connectivity index (χ3v) is 3.64. The van der Waals surface area contributed by atoms with E-state index in [-0.39, 0.29) is 5.82 Å². The van der Waals surface area contributed by atoms with Crippen LogP contribution in [0, 0.1) is 5.82 Å². The number of hydrogen-bond acceptors (Lipinski definition) is 3. The molecule has 0 aliphatic carbocycles. The molecule has 0 spiro atoms. The highest BCUT2D eigenvalue weighted by Crippen LogP contribution is 2.29. The summed E-state index contributed by atoms with van der Waals surface area (Å²) in [6.45, 7) is 4.74. The third kappa shape index (κ3) is 2.82. The summed E-state index contributed by atoms with van der Waals surface area (Å²) < 4.78 is 14.0. The van der Waals surface area contributed by atoms with Gasteiger partial charge in [0.1, 0.15) is 5.82 Å². The van der Waals surface area contributed by atoms with Crippen LogP contribution in [-0.2, 0) is 0 Å². The fourth-order valence-corrected chi connectivity index (χ4v) is 2.27. The lowest BCUT2D eigenvalue weighted by molar-refractivity contribution is 0.0350. The summed E-state index contributed by atoms with van der Waals surface area (Å²) in [5.74, 6) is -0.310. The van der Waals surface area contributed by atoms with Crippen LogP contribution in [0.25, 0.3) is 0 Å². The molecular formula is C14H20FNO2. The maximum Gasteiger partial charge on any atom is 0.146 e. The van der Waals surface area contributed by atoms with Crippen LogP contribution in [0.15, 0.2) is 18.2 Å². The zero-order chi connectivity index (χ0) is 13.3. The Balaban J connectivity index is 2.15. The normalized spacial score (nSPS) is 20.8. The molecule has 1 heterocycles. The molecule has 1 atom stereocenters. The molecule has 0 aromatic heterocycles. The van der Waals surface area contributed by atoms with Crippen molar-refractivity contribution in [3.63, 3.8) is 0 Å². The fraction of sp³-hybridized carbons (Fsp3) is 0.571. The number of piperidine rings is 1. The summed E-state index contributed by atoms with van der Waals surface area (Å²) in [4.78, 5) is 1.94. The summed E-state index contributed by atoms with van der Waals surface area (Å²) in [5.41, 5.74) is 0.502. The summed E-state index contributed by atoms with van der Waals surface area (Å²) in [5, 5.41) is 19.3. The molecule has 0 radical (unpaired) electrons. The maximum absolute atomic E-state index is 14.0. The summed E-state index contributed by atoms with van der Waals surface area (Å²) in [7, 11) is 0. The van der Waals surface area contributed by atoms with Crippen LogP contribution in [0.3, 0.4) is 0 Å². The molecule has 1 aromatic rings. The molecule has 2 N–H and O–H groups in total. The second-order valence-corrected chi connectivity index (χ2v) is 5.37. The van der Waals surface area contributed by atoms with Gasteiger partial charge in [0.15, 0.2) is 0 Å². The Hall–Kier alpha value is -1.13. The lowest BCUT2D eigenvalue weighted by Crippen LogP contribution is -2.42. The number of anilines is 1. The first-order valence-corrected chi connectivity index (χ1v) is 6.34. The molecule has 1 saturated heterocycles. The Morgan fingerprint density at radius 2 is 1.94 bits per heavy atom. The van der Waals surface area contributed by atoms with Crippen molar-refractivity contribution in [3.05, 3.63) is 29.6 Å². The smallest absolute Gasteiger partial charge is 0.146 e. The molecule has 4 heteroatoms. The Bertz CT molecular complexity index is 422. The van der Waals surface area contributed by atoms with Gasteiger partial charge in [-0.05, 0) is 44.4 Å². The van der Waals surface area contributed by atoms with Gasteiger partial charge >= 0.3 is 0 Å². The van der Waals surface area contributed by atoms with Gasteiger partial charge in [0, 0.05) is 13.1 Å². The first-order chi connectivity index (χ1) is 8.39. The van der Waals surface area contributed by atoms with E-state index in [1.807, 2.05) is 11.8 Å². The molecule has 1 aromatic carbocycles. The second-order valence-electron chi connectivity index (χ2n) is 5.37. The Kier molecular flexibility index (Phi) is 3.59. The topological polar surface area (TPSA) is 43.7 Å². The molecule has 0 unspecified atom stereocenters. The number of nitrogens with zero attached hydrogens (tertiary/aromatic N) is 1. The van der Waals surface area contributed by atoms with E-state index in [9.17, 15) is 14.6 Å². The SMILES string of the molecule is C[C@@H](O)c1ccc(N2CCC(C)(O)CC2)c(F)c1. The van der Waals surface area contributed by atoms with Crippen molar-refractivity contribution in [2.24, 2.45) is 0 Å². The van der Waals surface area contributed by atoms with Gasteiger partial charge in [-0.1, -0.05) is 6.07 Å². The molecule has 100 valence electrons. The van der Waals surface area contributed by atoms with E-state index in [0.29, 0.717) is 37.2 Å². The average Bonchev–Trinajstić information content (AvgIpc) is 2.29. The molecule has 0 saturated carbocycles. The van der Waals surface area contributed by atoms with E-state index in [1.165, 1.54) is 6.07 Å². The molecular weight excluding hydrogens is 233 g/mol. The van der Waals surface area contributed by atoms with Gasteiger partial charge in [-0.3, -0.25) is 0 Å². The number of aliphatic hydroxyl groups excluding tert-OH is 1. The van der Waals surface area contributed by atoms with Crippen LogP contribution >= 0.6 is 0 Å². The molecule has 0 bridgehead atoms. The number of rotatable bonds is 2. The van der Waals surface area contributed by atoms with Crippen molar-refractivity contribution in [1.82, 2.24) is 0 Å². The van der Waals surface area contributed by atoms with Gasteiger partial charge in [0.2, 0.25) is 0 Å². The zero-order valence-corrected chi connectivity index (χ0v) is 10.9. The minimum Gasteiger partial charge on any atom is -0.390 e. The predicted octanol–water partition coefficient (Wildman–Crippen LogP) is 2.23. The lowest BCUT2D eigenvalue weighted by Gasteiger charge is -2.37. The number of halogens is 1. The average molecular weight is 253 g/mol. The summed E-state index contributed by atoms with van der Waals surface area (Å²) in [6.07, 6.45) is 0.630. The zero-order valence-electron chi connectivity index (χ0n) is 10.9. The standard InChI is InChI=1S/C14H20FNO2/c1-10(17)11-3-4-13(12(15)9-11)16-7-5-14(2,18)6-8-16/h3-4,9-10,17-18H,5-8H2,1-2H3/t10-/m1/s1. The molecule has 3 nitrogen and oxygen atoms in total. The van der Waals surface area contributed by atoms with Crippen molar-refractivity contribution >= 4 is 5.69 Å². The molecule has 0 amide bonds. The highest BCUT2D eigenvalue weighted by atomic mass is 19.1. The molecule has 2 rings (SSSR count). The van der Waals surface area contributed by atoms with Crippen LogP contribution in [0.5, 0.6) is 0 Å². The van der Waals surface area contributed by atoms with Gasteiger partial charge in [-0.15, -0.1) is 0 Å². The molecule has 1 aliphatic heterocycles. The van der Waals surface area contributed by atoms with Crippen molar-refractivity contribution in [2.75, 3.05) is 18.0 Å². The maximum atomic E-state index is 14.0. The Labute approximate surface area is 107 Å². The van der Waals surface area contributed by atoms with Crippen LogP contribution in [0.1, 0.15) is 38.4 Å². The summed E-state index contributed by atoms with van der Waals surface area (Å²) >= 11 is 0. The number of aliphatic hydroxyl groups is 2. The lowest BCUT2D eigenvalue weighted by atomic mass is 9.93. The minimum atomic E-state index is -0.657. The third-order valence-electron chi connectivity index (χ3n) is 3.64. The van der Waals surface area contributed by atoms with E-state index in [0.717, 1.165) is 0 Å². The second kappa shape index (κ2) is 4.86. The largest absolute Gasteiger partial charge is 0.390 e. The van der Waals surface area contributed by atoms with Crippen LogP contribution in [0.4, 0.5) is 10.1 Å². The summed E-state index contributed by atoms with van der Waals surface area (Å²) in [6, 6.07) is 4.83. The van der Waals surface area contributed by atoms with Crippen molar-refractivity contribution in [2.45, 2.75) is 38.4 Å². The Morgan fingerprint density at radius 1 is 1.33 bits per heavy atom. The van der Waals surface area contributed by atoms with Gasteiger partial charge in [-0.2, -0.15) is 0 Å². The van der Waals surface area contributed by atoms with Gasteiger partial charge in [0.05, 0.1) is 17.4 Å². The van der Waals surface area contributed by atoms with E-state index in [1.54, 1.807) is 19.1 Å². The molecule has 1 fully saturated rings. The highest BCUT2D eigenvalue weighted by molar-refractivity contribution is 5.50. The van der Waals surface area contributed by atoms with E-state index in [4.69, 9.17) is 0 Å². The monoisotopic (exact) mass is 253 g/mol. The van der Waals surface area contributed by atoms with E-state index in [2.05, 4.69) is 0 Å². The quantitative estimate of drug-likeness (QED) is 0.849. The van der Waals surface area contributed by atoms with E-state index < -0.39 is 11.7 Å². The predicted molar refractivity (Wildman–Crippen MR) is 69.1 cm³/mol. The van der Waals surface area contributed by atoms with Crippen molar-refractivity contribution < 1.29 is 14.6 Å². The van der Waals surface area contributed by atoms with Gasteiger partial charge in [0.25, 0.3) is 0 Å². The minimum absolute atomic E-state index is 0.310. The molecule has 18 heavy (non-hydrogen) atoms. The van der Waals surface area contributed by atoms with Gasteiger partial charge < -0.3 is 15.1 Å². The van der Waals surface area contributed by atoms with Crippen LogP contribution in [-0.4, -0.2) is 28.9 Å². The molecule has 1 aliphatic rings. The highest BCUT2D eigenvalue weighted by Gasteiger charge is 2.28. The number of benzene rings is 1. The first-order valence-electron chi connectivity index (χ1n) is 6.34. The van der Waals surface area contributed by atoms with Crippen LogP contribution < -0.4 is 4.90 Å². The fourth-order valence-electron chi connectivity index (χ4n) is 2.27. The Morgan fingerprint density at radius 3 is 2.44 bits per heavy atom. The van der Waals surface area contributed by atoms with Crippen molar-refractivity contribution in [1.29, 1.82) is 0 Å². The van der Waals surface area contributed by atoms with Crippen molar-refractivity contribution in [3.8, 4) is 0 Å². The van der Waals surface area contributed by atoms with Gasteiger partial charge in [-0.25, -0.2) is 4.39 Å². The first kappa shape index (κ1) is 13.3.